The third-order valence-electron chi connectivity index (χ3n) is 7.06. The van der Waals surface area contributed by atoms with E-state index < -0.39 is 0 Å². The van der Waals surface area contributed by atoms with Crippen molar-refractivity contribution in [2.24, 2.45) is 0 Å². The molecule has 0 spiro atoms. The zero-order chi connectivity index (χ0) is 25.1. The van der Waals surface area contributed by atoms with Crippen molar-refractivity contribution in [3.63, 3.8) is 0 Å². The van der Waals surface area contributed by atoms with Crippen molar-refractivity contribution in [3.05, 3.63) is 107 Å². The Balaban J connectivity index is 1.28. The molecule has 3 aromatic carbocycles. The maximum absolute atomic E-state index is 13.6. The quantitative estimate of drug-likeness (QED) is 0.507. The zero-order valence-corrected chi connectivity index (χ0v) is 20.1. The summed E-state index contributed by atoms with van der Waals surface area (Å²) in [6.45, 7) is 3.66. The molecule has 36 heavy (non-hydrogen) atoms. The fourth-order valence-electron chi connectivity index (χ4n) is 5.16. The van der Waals surface area contributed by atoms with E-state index in [0.717, 1.165) is 29.7 Å². The molecule has 0 aliphatic carbocycles. The fourth-order valence-corrected chi connectivity index (χ4v) is 5.16. The Labute approximate surface area is 209 Å². The van der Waals surface area contributed by atoms with Crippen LogP contribution in [-0.4, -0.2) is 59.2 Å². The number of hydrogen-bond acceptors (Lipinski definition) is 3. The lowest BCUT2D eigenvalue weighted by Gasteiger charge is -2.40. The van der Waals surface area contributed by atoms with Crippen molar-refractivity contribution >= 4 is 11.8 Å². The molecule has 0 aromatic heterocycles. The van der Waals surface area contributed by atoms with Gasteiger partial charge in [-0.15, -0.1) is 0 Å². The third kappa shape index (κ3) is 5.31. The standard InChI is InChI=1S/C29H29F2N3O2/c30-25-10-6-22(7-11-25)28(23-8-12-26(31)13-9-23)32-15-17-33(18-16-32)29(36)24-4-1-3-21(19-24)20-34-14-2-5-27(34)35/h1,3-4,6-13,19,28H,2,5,14-18,20H2. The van der Waals surface area contributed by atoms with Gasteiger partial charge in [0.15, 0.2) is 0 Å². The van der Waals surface area contributed by atoms with Gasteiger partial charge in [-0.3, -0.25) is 14.5 Å². The van der Waals surface area contributed by atoms with Crippen LogP contribution in [0.25, 0.3) is 0 Å². The fraction of sp³-hybridized carbons (Fsp3) is 0.310. The molecule has 186 valence electrons. The summed E-state index contributed by atoms with van der Waals surface area (Å²) in [6.07, 6.45) is 1.48. The summed E-state index contributed by atoms with van der Waals surface area (Å²) in [4.78, 5) is 31.2. The number of likely N-dealkylation sites (tertiary alicyclic amines) is 1. The lowest BCUT2D eigenvalue weighted by Crippen LogP contribution is -2.49. The number of nitrogens with zero attached hydrogens (tertiary/aromatic N) is 3. The summed E-state index contributed by atoms with van der Waals surface area (Å²) < 4.78 is 27.2. The van der Waals surface area contributed by atoms with Gasteiger partial charge in [0.1, 0.15) is 11.6 Å². The van der Waals surface area contributed by atoms with Crippen molar-refractivity contribution in [2.45, 2.75) is 25.4 Å². The van der Waals surface area contributed by atoms with Crippen molar-refractivity contribution < 1.29 is 18.4 Å². The maximum Gasteiger partial charge on any atom is 0.253 e. The minimum atomic E-state index is -0.302. The number of amides is 2. The number of carbonyl (C=O) groups is 2. The first-order valence-corrected chi connectivity index (χ1v) is 12.4. The Morgan fingerprint density at radius 2 is 1.42 bits per heavy atom. The summed E-state index contributed by atoms with van der Waals surface area (Å²) in [5.41, 5.74) is 3.43. The summed E-state index contributed by atoms with van der Waals surface area (Å²) in [5.74, 6) is -0.462. The van der Waals surface area contributed by atoms with Crippen LogP contribution in [-0.2, 0) is 11.3 Å². The number of benzene rings is 3. The predicted octanol–water partition coefficient (Wildman–Crippen LogP) is 4.63. The highest BCUT2D eigenvalue weighted by Crippen LogP contribution is 2.30. The molecule has 2 aliphatic rings. The third-order valence-corrected chi connectivity index (χ3v) is 7.06. The molecule has 7 heteroatoms. The summed E-state index contributed by atoms with van der Waals surface area (Å²) in [6, 6.07) is 20.2. The maximum atomic E-state index is 13.6. The number of rotatable bonds is 6. The first-order chi connectivity index (χ1) is 17.5. The van der Waals surface area contributed by atoms with Gasteiger partial charge in [-0.25, -0.2) is 8.78 Å². The van der Waals surface area contributed by atoms with E-state index in [4.69, 9.17) is 0 Å². The van der Waals surface area contributed by atoms with Crippen LogP contribution in [0.15, 0.2) is 72.8 Å². The van der Waals surface area contributed by atoms with E-state index in [2.05, 4.69) is 4.90 Å². The molecule has 5 rings (SSSR count). The van der Waals surface area contributed by atoms with Gasteiger partial charge < -0.3 is 9.80 Å². The number of hydrogen-bond donors (Lipinski definition) is 0. The highest BCUT2D eigenvalue weighted by Gasteiger charge is 2.29. The Morgan fingerprint density at radius 1 is 0.806 bits per heavy atom. The molecule has 2 amide bonds. The second-order valence-corrected chi connectivity index (χ2v) is 9.45. The molecule has 3 aromatic rings. The first-order valence-electron chi connectivity index (χ1n) is 12.4. The Kier molecular flexibility index (Phi) is 7.09. The van der Waals surface area contributed by atoms with Crippen LogP contribution in [0.1, 0.15) is 45.9 Å². The van der Waals surface area contributed by atoms with Crippen molar-refractivity contribution in [1.82, 2.24) is 14.7 Å². The lowest BCUT2D eigenvalue weighted by atomic mass is 9.96. The Morgan fingerprint density at radius 3 is 1.97 bits per heavy atom. The van der Waals surface area contributed by atoms with E-state index >= 15 is 0 Å². The Bertz CT molecular complexity index is 1180. The number of piperazine rings is 1. The first kappa shape index (κ1) is 24.1. The van der Waals surface area contributed by atoms with Gasteiger partial charge in [0, 0.05) is 51.3 Å². The second-order valence-electron chi connectivity index (χ2n) is 9.45. The normalized spacial score (nSPS) is 16.7. The monoisotopic (exact) mass is 489 g/mol. The minimum Gasteiger partial charge on any atom is -0.338 e. The average molecular weight is 490 g/mol. The molecule has 5 nitrogen and oxygen atoms in total. The minimum absolute atomic E-state index is 0.0237. The van der Waals surface area contributed by atoms with Crippen molar-refractivity contribution in [1.29, 1.82) is 0 Å². The number of halogens is 2. The summed E-state index contributed by atoms with van der Waals surface area (Å²) >= 11 is 0. The molecule has 2 saturated heterocycles. The van der Waals surface area contributed by atoms with E-state index in [1.54, 1.807) is 24.3 Å². The van der Waals surface area contributed by atoms with Gasteiger partial charge in [0.05, 0.1) is 6.04 Å². The van der Waals surface area contributed by atoms with Gasteiger partial charge in [-0.2, -0.15) is 0 Å². The molecule has 0 radical (unpaired) electrons. The van der Waals surface area contributed by atoms with E-state index in [9.17, 15) is 18.4 Å². The van der Waals surface area contributed by atoms with Crippen molar-refractivity contribution in [3.8, 4) is 0 Å². The Hall–Kier alpha value is -3.58. The van der Waals surface area contributed by atoms with Gasteiger partial charge >= 0.3 is 0 Å². The molecule has 0 N–H and O–H groups in total. The van der Waals surface area contributed by atoms with E-state index in [-0.39, 0.29) is 29.5 Å². The van der Waals surface area contributed by atoms with Gasteiger partial charge in [-0.05, 0) is 59.5 Å². The molecule has 0 unspecified atom stereocenters. The van der Waals surface area contributed by atoms with Crippen LogP contribution in [0.3, 0.4) is 0 Å². The summed E-state index contributed by atoms with van der Waals surface area (Å²) in [7, 11) is 0. The molecule has 0 atom stereocenters. The molecule has 2 heterocycles. The smallest absolute Gasteiger partial charge is 0.253 e. The molecule has 2 aliphatic heterocycles. The van der Waals surface area contributed by atoms with Gasteiger partial charge in [0.25, 0.3) is 5.91 Å². The van der Waals surface area contributed by atoms with Gasteiger partial charge in [0.2, 0.25) is 5.91 Å². The van der Waals surface area contributed by atoms with Gasteiger partial charge in [-0.1, -0.05) is 36.4 Å². The van der Waals surface area contributed by atoms with Crippen LogP contribution in [0, 0.1) is 11.6 Å². The van der Waals surface area contributed by atoms with E-state index in [0.29, 0.717) is 44.7 Å². The zero-order valence-electron chi connectivity index (χ0n) is 20.1. The highest BCUT2D eigenvalue weighted by molar-refractivity contribution is 5.94. The topological polar surface area (TPSA) is 43.9 Å². The van der Waals surface area contributed by atoms with E-state index in [1.807, 2.05) is 34.1 Å². The SMILES string of the molecule is O=C1CCCN1Cc1cccc(C(=O)N2CCN(C(c3ccc(F)cc3)c3ccc(F)cc3)CC2)c1. The molecular weight excluding hydrogens is 460 g/mol. The molecule has 2 fully saturated rings. The molecule has 0 bridgehead atoms. The summed E-state index contributed by atoms with van der Waals surface area (Å²) in [5, 5.41) is 0. The molecule has 0 saturated carbocycles. The van der Waals surface area contributed by atoms with Crippen molar-refractivity contribution in [2.75, 3.05) is 32.7 Å². The van der Waals surface area contributed by atoms with Crippen LogP contribution < -0.4 is 0 Å². The number of carbonyl (C=O) groups excluding carboxylic acids is 2. The molecular formula is C29H29F2N3O2. The van der Waals surface area contributed by atoms with E-state index in [1.165, 1.54) is 24.3 Å². The van der Waals surface area contributed by atoms with Crippen LogP contribution in [0.5, 0.6) is 0 Å². The van der Waals surface area contributed by atoms with Crippen LogP contribution in [0.4, 0.5) is 8.78 Å². The largest absolute Gasteiger partial charge is 0.338 e. The average Bonchev–Trinajstić information content (AvgIpc) is 3.30. The lowest BCUT2D eigenvalue weighted by molar-refractivity contribution is -0.128. The predicted molar refractivity (Wildman–Crippen MR) is 133 cm³/mol. The van der Waals surface area contributed by atoms with Crippen LogP contribution in [0.2, 0.25) is 0 Å². The second kappa shape index (κ2) is 10.6. The van der Waals surface area contributed by atoms with Crippen LogP contribution >= 0.6 is 0 Å². The highest BCUT2D eigenvalue weighted by atomic mass is 19.1.